The van der Waals surface area contributed by atoms with Crippen LogP contribution in [-0.4, -0.2) is 36.5 Å². The number of piperidine rings is 1. The number of fused-ring (bicyclic) bond motifs is 2. The molecule has 184 valence electrons. The summed E-state index contributed by atoms with van der Waals surface area (Å²) in [5.41, 5.74) is 5.27. The van der Waals surface area contributed by atoms with Crippen molar-refractivity contribution in [3.8, 4) is 11.4 Å². The second-order valence-corrected chi connectivity index (χ2v) is 10.7. The van der Waals surface area contributed by atoms with Crippen LogP contribution in [0.15, 0.2) is 54.9 Å². The van der Waals surface area contributed by atoms with Crippen LogP contribution in [0.25, 0.3) is 27.2 Å². The van der Waals surface area contributed by atoms with Gasteiger partial charge in [0.05, 0.1) is 18.4 Å². The van der Waals surface area contributed by atoms with E-state index in [2.05, 4.69) is 63.3 Å². The Morgan fingerprint density at radius 2 is 1.94 bits per heavy atom. The van der Waals surface area contributed by atoms with E-state index >= 15 is 0 Å². The SMILES string of the molecule is [C-]#[N+]N1C[C@@H]2CC[C@H](C)[C@H](C)[C@H]2C[C@H]1c1[nH]c2ccccc2c1CCn1cc(-c2ccccn2)nn1. The van der Waals surface area contributed by atoms with E-state index in [9.17, 15) is 0 Å². The molecule has 1 saturated carbocycles. The van der Waals surface area contributed by atoms with E-state index in [1.54, 1.807) is 6.20 Å². The molecule has 4 heterocycles. The first-order valence-electron chi connectivity index (χ1n) is 13.2. The Labute approximate surface area is 212 Å². The van der Waals surface area contributed by atoms with Gasteiger partial charge >= 0.3 is 0 Å². The standard InChI is InChI=1S/C29H33N7/c1-19-11-12-21-17-36(30-3)28(16-24(21)20(19)2)29-23(22-8-4-5-9-25(22)32-29)13-15-35-18-27(33-34-35)26-10-6-7-14-31-26/h4-10,14,18-21,24,28,32H,11-13,15-17H2,1-2H3/t19-,20-,21-,24+,28-/m0/s1. The number of aromatic amines is 1. The minimum Gasteiger partial charge on any atom is -0.356 e. The van der Waals surface area contributed by atoms with E-state index in [1.165, 1.54) is 29.5 Å². The zero-order chi connectivity index (χ0) is 24.6. The highest BCUT2D eigenvalue weighted by atomic mass is 15.5. The Morgan fingerprint density at radius 3 is 2.78 bits per heavy atom. The van der Waals surface area contributed by atoms with Crippen molar-refractivity contribution < 1.29 is 0 Å². The lowest BCUT2D eigenvalue weighted by Gasteiger charge is -2.46. The lowest BCUT2D eigenvalue weighted by atomic mass is 9.64. The average Bonchev–Trinajstić information content (AvgIpc) is 3.54. The minimum atomic E-state index is 0.0960. The summed E-state index contributed by atoms with van der Waals surface area (Å²) in [5.74, 6) is 2.77. The molecule has 0 amide bonds. The number of nitrogens with one attached hydrogen (secondary N) is 1. The van der Waals surface area contributed by atoms with Gasteiger partial charge in [-0.2, -0.15) is 11.5 Å². The Kier molecular flexibility index (Phi) is 5.96. The first-order valence-corrected chi connectivity index (χ1v) is 13.2. The van der Waals surface area contributed by atoms with Crippen molar-refractivity contribution in [1.82, 2.24) is 30.0 Å². The third kappa shape index (κ3) is 4.05. The number of H-pyrrole nitrogens is 1. The number of aryl methyl sites for hydroxylation is 2. The van der Waals surface area contributed by atoms with Crippen LogP contribution in [0.5, 0.6) is 0 Å². The van der Waals surface area contributed by atoms with Crippen LogP contribution in [0.4, 0.5) is 0 Å². The third-order valence-corrected chi connectivity index (χ3v) is 8.81. The van der Waals surface area contributed by atoms with Crippen LogP contribution in [0, 0.1) is 30.2 Å². The molecule has 1 aromatic carbocycles. The molecule has 7 nitrogen and oxygen atoms in total. The summed E-state index contributed by atoms with van der Waals surface area (Å²) in [6, 6.07) is 14.4. The Balaban J connectivity index is 1.31. The summed E-state index contributed by atoms with van der Waals surface area (Å²) in [7, 11) is 0. The fourth-order valence-corrected chi connectivity index (χ4v) is 6.60. The predicted octanol–water partition coefficient (Wildman–Crippen LogP) is 5.94. The largest absolute Gasteiger partial charge is 0.356 e. The molecule has 1 saturated heterocycles. The van der Waals surface area contributed by atoms with Crippen LogP contribution < -0.4 is 0 Å². The maximum atomic E-state index is 8.01. The van der Waals surface area contributed by atoms with Crippen LogP contribution >= 0.6 is 0 Å². The van der Waals surface area contributed by atoms with E-state index in [0.717, 1.165) is 48.8 Å². The molecule has 1 aliphatic carbocycles. The van der Waals surface area contributed by atoms with E-state index in [1.807, 2.05) is 34.1 Å². The molecule has 7 heteroatoms. The van der Waals surface area contributed by atoms with Gasteiger partial charge in [0.15, 0.2) is 0 Å². The number of para-hydroxylation sites is 1. The van der Waals surface area contributed by atoms with Crippen molar-refractivity contribution in [1.29, 1.82) is 0 Å². The maximum Gasteiger partial charge on any atom is 0.137 e. The molecule has 0 radical (unpaired) electrons. The van der Waals surface area contributed by atoms with Crippen molar-refractivity contribution in [2.45, 2.75) is 52.1 Å². The molecule has 36 heavy (non-hydrogen) atoms. The van der Waals surface area contributed by atoms with Crippen LogP contribution in [0.3, 0.4) is 0 Å². The maximum absolute atomic E-state index is 8.01. The molecule has 1 N–H and O–H groups in total. The smallest absolute Gasteiger partial charge is 0.137 e. The molecule has 6 rings (SSSR count). The number of nitrogens with zero attached hydrogens (tertiary/aromatic N) is 6. The van der Waals surface area contributed by atoms with Crippen molar-refractivity contribution in [2.75, 3.05) is 6.54 Å². The fourth-order valence-electron chi connectivity index (χ4n) is 6.60. The van der Waals surface area contributed by atoms with Gasteiger partial charge < -0.3 is 4.98 Å². The van der Waals surface area contributed by atoms with Crippen LogP contribution in [0.2, 0.25) is 0 Å². The van der Waals surface area contributed by atoms with Gasteiger partial charge in [-0.05, 0) is 66.7 Å². The van der Waals surface area contributed by atoms with Gasteiger partial charge in [0, 0.05) is 29.3 Å². The molecule has 4 aromatic rings. The van der Waals surface area contributed by atoms with Crippen LogP contribution in [0.1, 0.15) is 50.4 Å². The number of hydrogen-bond acceptors (Lipinski definition) is 4. The second kappa shape index (κ2) is 9.42. The number of benzene rings is 1. The molecule has 0 spiro atoms. The number of rotatable bonds is 5. The molecule has 2 fully saturated rings. The zero-order valence-corrected chi connectivity index (χ0v) is 21.0. The van der Waals surface area contributed by atoms with E-state index in [0.29, 0.717) is 17.8 Å². The molecule has 2 aliphatic rings. The summed E-state index contributed by atoms with van der Waals surface area (Å²) in [6.07, 6.45) is 8.16. The highest BCUT2D eigenvalue weighted by Crippen LogP contribution is 2.49. The lowest BCUT2D eigenvalue weighted by Crippen LogP contribution is -2.45. The van der Waals surface area contributed by atoms with Crippen molar-refractivity contribution >= 4 is 10.9 Å². The first kappa shape index (κ1) is 22.8. The summed E-state index contributed by atoms with van der Waals surface area (Å²) in [6.45, 7) is 14.4. The Morgan fingerprint density at radius 1 is 1.08 bits per heavy atom. The van der Waals surface area contributed by atoms with Crippen LogP contribution in [-0.2, 0) is 13.0 Å². The van der Waals surface area contributed by atoms with E-state index in [-0.39, 0.29) is 6.04 Å². The van der Waals surface area contributed by atoms with Crippen molar-refractivity contribution in [3.63, 3.8) is 0 Å². The van der Waals surface area contributed by atoms with Gasteiger partial charge in [0.1, 0.15) is 11.7 Å². The lowest BCUT2D eigenvalue weighted by molar-refractivity contribution is 0.0121. The number of hydrogen-bond donors (Lipinski definition) is 1. The van der Waals surface area contributed by atoms with Gasteiger partial charge in [-0.1, -0.05) is 49.7 Å². The van der Waals surface area contributed by atoms with E-state index < -0.39 is 0 Å². The highest BCUT2D eigenvalue weighted by Gasteiger charge is 2.45. The van der Waals surface area contributed by atoms with E-state index in [4.69, 9.17) is 6.57 Å². The number of pyridine rings is 1. The van der Waals surface area contributed by atoms with Gasteiger partial charge in [-0.3, -0.25) is 9.67 Å². The monoisotopic (exact) mass is 479 g/mol. The second-order valence-electron chi connectivity index (χ2n) is 10.7. The summed E-state index contributed by atoms with van der Waals surface area (Å²) in [5, 5.41) is 12.0. The first-order chi connectivity index (χ1) is 17.6. The highest BCUT2D eigenvalue weighted by molar-refractivity contribution is 5.84. The quantitative estimate of drug-likeness (QED) is 0.360. The molecule has 0 bridgehead atoms. The summed E-state index contributed by atoms with van der Waals surface area (Å²) in [4.78, 5) is 12.2. The molecule has 1 aliphatic heterocycles. The molecule has 0 unspecified atom stereocenters. The average molecular weight is 480 g/mol. The Hall–Kier alpha value is -3.66. The molecular weight excluding hydrogens is 446 g/mol. The summed E-state index contributed by atoms with van der Waals surface area (Å²) < 4.78 is 1.91. The van der Waals surface area contributed by atoms with Gasteiger partial charge in [0.2, 0.25) is 0 Å². The third-order valence-electron chi connectivity index (χ3n) is 8.81. The molecule has 3 aromatic heterocycles. The zero-order valence-electron chi connectivity index (χ0n) is 21.0. The predicted molar refractivity (Wildman–Crippen MR) is 140 cm³/mol. The Bertz CT molecular complexity index is 1380. The van der Waals surface area contributed by atoms with Crippen molar-refractivity contribution in [3.05, 3.63) is 77.6 Å². The normalized spacial score (nSPS) is 26.0. The van der Waals surface area contributed by atoms with Gasteiger partial charge in [-0.25, -0.2) is 0 Å². The minimum absolute atomic E-state index is 0.0960. The molecular formula is C29H33N7. The van der Waals surface area contributed by atoms with Gasteiger partial charge in [0.25, 0.3) is 0 Å². The molecule has 5 atom stereocenters. The van der Waals surface area contributed by atoms with Gasteiger partial charge in [-0.15, -0.1) is 10.1 Å². The van der Waals surface area contributed by atoms with Crippen molar-refractivity contribution in [2.24, 2.45) is 23.7 Å². The topological polar surface area (TPSA) is 67.0 Å². The summed E-state index contributed by atoms with van der Waals surface area (Å²) >= 11 is 0. The fraction of sp³-hybridized carbons (Fsp3) is 0.448. The number of aromatic nitrogens is 5.